The van der Waals surface area contributed by atoms with Gasteiger partial charge in [0.25, 0.3) is 0 Å². The molecular weight excluding hydrogens is 212 g/mol. The molecule has 2 heterocycles. The van der Waals surface area contributed by atoms with E-state index >= 15 is 0 Å². The number of nitrogens with zero attached hydrogens (tertiary/aromatic N) is 1. The van der Waals surface area contributed by atoms with Crippen molar-refractivity contribution in [2.24, 2.45) is 17.1 Å². The van der Waals surface area contributed by atoms with Crippen molar-refractivity contribution in [1.29, 1.82) is 0 Å². The van der Waals surface area contributed by atoms with E-state index in [0.717, 1.165) is 38.3 Å². The fourth-order valence-electron chi connectivity index (χ4n) is 3.49. The predicted molar refractivity (Wildman–Crippen MR) is 71.0 cm³/mol. The highest BCUT2D eigenvalue weighted by Crippen LogP contribution is 2.33. The van der Waals surface area contributed by atoms with Crippen LogP contribution in [0, 0.1) is 11.3 Å². The lowest BCUT2D eigenvalue weighted by atomic mass is 9.81. The first-order valence-corrected chi connectivity index (χ1v) is 7.19. The van der Waals surface area contributed by atoms with Crippen LogP contribution in [0.25, 0.3) is 0 Å². The summed E-state index contributed by atoms with van der Waals surface area (Å²) in [5, 5.41) is 0. The number of ether oxygens (including phenoxy) is 1. The minimum Gasteiger partial charge on any atom is -0.381 e. The summed E-state index contributed by atoms with van der Waals surface area (Å²) in [7, 11) is 0. The molecule has 2 fully saturated rings. The summed E-state index contributed by atoms with van der Waals surface area (Å²) in [5.74, 6) is 0.761. The SMILES string of the molecule is CC(C)C1CCCN1CC1(CN)CCCOC1. The van der Waals surface area contributed by atoms with E-state index < -0.39 is 0 Å². The summed E-state index contributed by atoms with van der Waals surface area (Å²) in [5.41, 5.74) is 6.26. The second kappa shape index (κ2) is 5.68. The predicted octanol–water partition coefficient (Wildman–Crippen LogP) is 1.86. The molecule has 17 heavy (non-hydrogen) atoms. The van der Waals surface area contributed by atoms with Crippen LogP contribution in [-0.4, -0.2) is 43.8 Å². The molecule has 0 aliphatic carbocycles. The largest absolute Gasteiger partial charge is 0.381 e. The van der Waals surface area contributed by atoms with Gasteiger partial charge in [0, 0.05) is 31.2 Å². The van der Waals surface area contributed by atoms with Crippen molar-refractivity contribution in [3.05, 3.63) is 0 Å². The summed E-state index contributed by atoms with van der Waals surface area (Å²) in [6, 6.07) is 0.764. The first-order valence-electron chi connectivity index (χ1n) is 7.19. The molecule has 2 atom stereocenters. The Morgan fingerprint density at radius 3 is 2.82 bits per heavy atom. The highest BCUT2D eigenvalue weighted by atomic mass is 16.5. The highest BCUT2D eigenvalue weighted by Gasteiger charge is 2.37. The van der Waals surface area contributed by atoms with Crippen LogP contribution in [0.1, 0.15) is 39.5 Å². The normalized spacial score (nSPS) is 35.6. The van der Waals surface area contributed by atoms with E-state index in [2.05, 4.69) is 18.7 Å². The van der Waals surface area contributed by atoms with Crippen LogP contribution < -0.4 is 5.73 Å². The van der Waals surface area contributed by atoms with Gasteiger partial charge < -0.3 is 10.5 Å². The molecule has 0 aromatic heterocycles. The van der Waals surface area contributed by atoms with Gasteiger partial charge in [0.05, 0.1) is 6.61 Å². The molecule has 2 rings (SSSR count). The lowest BCUT2D eigenvalue weighted by Crippen LogP contribution is -2.49. The Morgan fingerprint density at radius 2 is 2.24 bits per heavy atom. The maximum Gasteiger partial charge on any atom is 0.0546 e. The van der Waals surface area contributed by atoms with Gasteiger partial charge >= 0.3 is 0 Å². The van der Waals surface area contributed by atoms with Gasteiger partial charge in [-0.3, -0.25) is 4.90 Å². The van der Waals surface area contributed by atoms with E-state index in [0.29, 0.717) is 0 Å². The quantitative estimate of drug-likeness (QED) is 0.815. The van der Waals surface area contributed by atoms with E-state index in [-0.39, 0.29) is 5.41 Å². The number of hydrogen-bond donors (Lipinski definition) is 1. The number of likely N-dealkylation sites (tertiary alicyclic amines) is 1. The van der Waals surface area contributed by atoms with Crippen molar-refractivity contribution >= 4 is 0 Å². The zero-order valence-electron chi connectivity index (χ0n) is 11.5. The second-order valence-electron chi connectivity index (χ2n) is 6.28. The van der Waals surface area contributed by atoms with Gasteiger partial charge in [0.1, 0.15) is 0 Å². The van der Waals surface area contributed by atoms with Gasteiger partial charge in [0.15, 0.2) is 0 Å². The summed E-state index contributed by atoms with van der Waals surface area (Å²) >= 11 is 0. The fourth-order valence-corrected chi connectivity index (χ4v) is 3.49. The standard InChI is InChI=1S/C14H28N2O/c1-12(2)13-5-3-7-16(13)10-14(9-15)6-4-8-17-11-14/h12-13H,3-11,15H2,1-2H3. The van der Waals surface area contributed by atoms with Crippen LogP contribution in [0.2, 0.25) is 0 Å². The first kappa shape index (κ1) is 13.3. The third-order valence-electron chi connectivity index (χ3n) is 4.56. The Balaban J connectivity index is 1.97. The molecule has 0 aromatic rings. The molecule has 0 aromatic carbocycles. The Labute approximate surface area is 106 Å². The van der Waals surface area contributed by atoms with Gasteiger partial charge in [-0.25, -0.2) is 0 Å². The van der Waals surface area contributed by atoms with Crippen LogP contribution >= 0.6 is 0 Å². The lowest BCUT2D eigenvalue weighted by Gasteiger charge is -2.41. The van der Waals surface area contributed by atoms with Crippen LogP contribution in [0.4, 0.5) is 0 Å². The van der Waals surface area contributed by atoms with E-state index in [4.69, 9.17) is 10.5 Å². The van der Waals surface area contributed by atoms with Crippen molar-refractivity contribution in [2.45, 2.75) is 45.6 Å². The maximum absolute atomic E-state index is 6.03. The molecule has 0 saturated carbocycles. The molecular formula is C14H28N2O. The molecule has 2 N–H and O–H groups in total. The smallest absolute Gasteiger partial charge is 0.0546 e. The number of hydrogen-bond acceptors (Lipinski definition) is 3. The van der Waals surface area contributed by atoms with Gasteiger partial charge in [0.2, 0.25) is 0 Å². The molecule has 100 valence electrons. The van der Waals surface area contributed by atoms with Crippen molar-refractivity contribution in [3.8, 4) is 0 Å². The summed E-state index contributed by atoms with van der Waals surface area (Å²) in [4.78, 5) is 2.67. The van der Waals surface area contributed by atoms with Gasteiger partial charge in [-0.05, 0) is 38.1 Å². The molecule has 2 aliphatic rings. The van der Waals surface area contributed by atoms with Crippen molar-refractivity contribution in [1.82, 2.24) is 4.90 Å². The Kier molecular flexibility index (Phi) is 4.45. The second-order valence-corrected chi connectivity index (χ2v) is 6.28. The number of rotatable bonds is 4. The van der Waals surface area contributed by atoms with E-state index in [9.17, 15) is 0 Å². The Hall–Kier alpha value is -0.120. The zero-order chi connectivity index (χ0) is 12.3. The third kappa shape index (κ3) is 3.01. The highest BCUT2D eigenvalue weighted by molar-refractivity contribution is 4.91. The Morgan fingerprint density at radius 1 is 1.41 bits per heavy atom. The molecule has 2 unspecified atom stereocenters. The van der Waals surface area contributed by atoms with Crippen molar-refractivity contribution < 1.29 is 4.74 Å². The minimum absolute atomic E-state index is 0.232. The van der Waals surface area contributed by atoms with Crippen molar-refractivity contribution in [3.63, 3.8) is 0 Å². The molecule has 0 amide bonds. The van der Waals surface area contributed by atoms with Crippen LogP contribution in [0.5, 0.6) is 0 Å². The first-order chi connectivity index (χ1) is 8.17. The molecule has 0 spiro atoms. The summed E-state index contributed by atoms with van der Waals surface area (Å²) < 4.78 is 5.68. The molecule has 3 nitrogen and oxygen atoms in total. The average molecular weight is 240 g/mol. The molecule has 0 radical (unpaired) electrons. The van der Waals surface area contributed by atoms with Gasteiger partial charge in [-0.1, -0.05) is 13.8 Å². The number of nitrogens with two attached hydrogens (primary N) is 1. The molecule has 3 heteroatoms. The van der Waals surface area contributed by atoms with E-state index in [1.54, 1.807) is 0 Å². The van der Waals surface area contributed by atoms with Gasteiger partial charge in [-0.15, -0.1) is 0 Å². The van der Waals surface area contributed by atoms with E-state index in [1.807, 2.05) is 0 Å². The maximum atomic E-state index is 6.03. The third-order valence-corrected chi connectivity index (χ3v) is 4.56. The molecule has 2 saturated heterocycles. The summed E-state index contributed by atoms with van der Waals surface area (Å²) in [6.45, 7) is 9.65. The Bertz CT molecular complexity index is 236. The van der Waals surface area contributed by atoms with Crippen LogP contribution in [-0.2, 0) is 4.74 Å². The molecule has 2 aliphatic heterocycles. The topological polar surface area (TPSA) is 38.5 Å². The van der Waals surface area contributed by atoms with Crippen LogP contribution in [0.3, 0.4) is 0 Å². The monoisotopic (exact) mass is 240 g/mol. The van der Waals surface area contributed by atoms with Crippen LogP contribution in [0.15, 0.2) is 0 Å². The molecule has 0 bridgehead atoms. The minimum atomic E-state index is 0.232. The van der Waals surface area contributed by atoms with Crippen molar-refractivity contribution in [2.75, 3.05) is 32.8 Å². The zero-order valence-corrected chi connectivity index (χ0v) is 11.5. The summed E-state index contributed by atoms with van der Waals surface area (Å²) in [6.07, 6.45) is 5.13. The fraction of sp³-hybridized carbons (Fsp3) is 1.00. The van der Waals surface area contributed by atoms with Gasteiger partial charge in [-0.2, -0.15) is 0 Å². The van der Waals surface area contributed by atoms with E-state index in [1.165, 1.54) is 32.2 Å². The average Bonchev–Trinajstić information content (AvgIpc) is 2.78. The lowest BCUT2D eigenvalue weighted by molar-refractivity contribution is -0.0263.